The van der Waals surface area contributed by atoms with E-state index in [0.717, 1.165) is 29.9 Å². The van der Waals surface area contributed by atoms with Crippen molar-refractivity contribution in [3.8, 4) is 6.07 Å². The van der Waals surface area contributed by atoms with Gasteiger partial charge in [-0.05, 0) is 61.2 Å². The maximum absolute atomic E-state index is 9.21. The molecule has 0 radical (unpaired) electrons. The lowest BCUT2D eigenvalue weighted by molar-refractivity contribution is 0.830. The van der Waals surface area contributed by atoms with Crippen molar-refractivity contribution in [1.82, 2.24) is 0 Å². The molecule has 3 nitrogen and oxygen atoms in total. The molecule has 0 spiro atoms. The van der Waals surface area contributed by atoms with Gasteiger partial charge in [0.15, 0.2) is 0 Å². The Morgan fingerprint density at radius 3 is 2.95 bits per heavy atom. The number of hydrogen-bond acceptors (Lipinski definition) is 3. The Morgan fingerprint density at radius 2 is 2.10 bits per heavy atom. The monoisotopic (exact) mass is 263 g/mol. The Bertz CT molecular complexity index is 683. The van der Waals surface area contributed by atoms with Gasteiger partial charge in [0.05, 0.1) is 11.3 Å². The average Bonchev–Trinajstić information content (AvgIpc) is 2.49. The summed E-state index contributed by atoms with van der Waals surface area (Å²) in [6, 6.07) is 14.5. The zero-order valence-corrected chi connectivity index (χ0v) is 11.5. The second-order valence-corrected chi connectivity index (χ2v) is 5.19. The minimum absolute atomic E-state index is 0.681. The van der Waals surface area contributed by atoms with E-state index in [1.807, 2.05) is 25.1 Å². The maximum Gasteiger partial charge on any atom is 0.101 e. The van der Waals surface area contributed by atoms with Gasteiger partial charge in [0.1, 0.15) is 6.07 Å². The molecular weight excluding hydrogens is 246 g/mol. The van der Waals surface area contributed by atoms with Crippen LogP contribution in [0.1, 0.15) is 23.1 Å². The Morgan fingerprint density at radius 1 is 1.20 bits per heavy atom. The molecule has 2 N–H and O–H groups in total. The number of nitriles is 1. The highest BCUT2D eigenvalue weighted by Gasteiger charge is 2.09. The molecule has 3 heteroatoms. The van der Waals surface area contributed by atoms with Crippen LogP contribution in [0.3, 0.4) is 0 Å². The van der Waals surface area contributed by atoms with Gasteiger partial charge in [0.2, 0.25) is 0 Å². The highest BCUT2D eigenvalue weighted by molar-refractivity contribution is 5.70. The number of hydrogen-bond donors (Lipinski definition) is 2. The molecule has 0 saturated heterocycles. The van der Waals surface area contributed by atoms with Gasteiger partial charge in [0.25, 0.3) is 0 Å². The first-order chi connectivity index (χ1) is 9.76. The van der Waals surface area contributed by atoms with Gasteiger partial charge in [0, 0.05) is 17.9 Å². The van der Waals surface area contributed by atoms with Gasteiger partial charge >= 0.3 is 0 Å². The highest BCUT2D eigenvalue weighted by atomic mass is 14.9. The second kappa shape index (κ2) is 5.26. The molecule has 1 aliphatic heterocycles. The summed E-state index contributed by atoms with van der Waals surface area (Å²) in [5.41, 5.74) is 6.25. The van der Waals surface area contributed by atoms with Gasteiger partial charge in [-0.15, -0.1) is 0 Å². The lowest BCUT2D eigenvalue weighted by atomic mass is 10.0. The predicted octanol–water partition coefficient (Wildman–Crippen LogP) is 3.97. The van der Waals surface area contributed by atoms with E-state index >= 15 is 0 Å². The van der Waals surface area contributed by atoms with E-state index in [2.05, 4.69) is 34.9 Å². The van der Waals surface area contributed by atoms with Crippen molar-refractivity contribution in [2.24, 2.45) is 0 Å². The molecule has 0 fully saturated rings. The van der Waals surface area contributed by atoms with Crippen LogP contribution in [0.15, 0.2) is 36.4 Å². The fourth-order valence-electron chi connectivity index (χ4n) is 2.57. The lowest BCUT2D eigenvalue weighted by Crippen LogP contribution is -2.11. The van der Waals surface area contributed by atoms with E-state index in [1.54, 1.807) is 0 Å². The van der Waals surface area contributed by atoms with Crippen molar-refractivity contribution in [1.29, 1.82) is 5.26 Å². The summed E-state index contributed by atoms with van der Waals surface area (Å²) in [5, 5.41) is 16.0. The summed E-state index contributed by atoms with van der Waals surface area (Å²) in [4.78, 5) is 0. The van der Waals surface area contributed by atoms with Crippen molar-refractivity contribution in [3.05, 3.63) is 53.1 Å². The molecule has 0 aromatic heterocycles. The summed E-state index contributed by atoms with van der Waals surface area (Å²) in [7, 11) is 0. The molecule has 0 atom stereocenters. The Balaban J connectivity index is 1.90. The summed E-state index contributed by atoms with van der Waals surface area (Å²) >= 11 is 0. The molecule has 100 valence electrons. The number of anilines is 3. The average molecular weight is 263 g/mol. The Kier molecular flexibility index (Phi) is 3.30. The molecule has 0 unspecified atom stereocenters. The van der Waals surface area contributed by atoms with Crippen molar-refractivity contribution in [3.63, 3.8) is 0 Å². The topological polar surface area (TPSA) is 47.8 Å². The molecule has 0 bridgehead atoms. The number of rotatable bonds is 2. The summed E-state index contributed by atoms with van der Waals surface area (Å²) in [6.07, 6.45) is 2.28. The summed E-state index contributed by atoms with van der Waals surface area (Å²) in [5.74, 6) is 0. The van der Waals surface area contributed by atoms with Crippen LogP contribution in [0.2, 0.25) is 0 Å². The fourth-order valence-corrected chi connectivity index (χ4v) is 2.57. The predicted molar refractivity (Wildman–Crippen MR) is 82.4 cm³/mol. The van der Waals surface area contributed by atoms with Crippen molar-refractivity contribution >= 4 is 17.1 Å². The molecule has 1 heterocycles. The fraction of sp³-hybridized carbons (Fsp3) is 0.235. The quantitative estimate of drug-likeness (QED) is 0.862. The van der Waals surface area contributed by atoms with Gasteiger partial charge in [-0.1, -0.05) is 6.07 Å². The van der Waals surface area contributed by atoms with Crippen LogP contribution in [0.5, 0.6) is 0 Å². The van der Waals surface area contributed by atoms with Crippen LogP contribution in [0.25, 0.3) is 0 Å². The van der Waals surface area contributed by atoms with Crippen LogP contribution in [-0.2, 0) is 6.42 Å². The van der Waals surface area contributed by atoms with Crippen LogP contribution >= 0.6 is 0 Å². The normalized spacial score (nSPS) is 13.0. The first-order valence-electron chi connectivity index (χ1n) is 6.91. The molecule has 3 rings (SSSR count). The molecule has 0 amide bonds. The van der Waals surface area contributed by atoms with Gasteiger partial charge in [-0.25, -0.2) is 0 Å². The first kappa shape index (κ1) is 12.6. The van der Waals surface area contributed by atoms with E-state index < -0.39 is 0 Å². The van der Waals surface area contributed by atoms with E-state index in [4.69, 9.17) is 0 Å². The number of aryl methyl sites for hydroxylation is 2. The van der Waals surface area contributed by atoms with Crippen molar-refractivity contribution in [2.75, 3.05) is 17.2 Å². The van der Waals surface area contributed by atoms with Crippen molar-refractivity contribution in [2.45, 2.75) is 19.8 Å². The zero-order chi connectivity index (χ0) is 13.9. The molecule has 1 aliphatic rings. The van der Waals surface area contributed by atoms with Crippen LogP contribution < -0.4 is 10.6 Å². The molecule has 20 heavy (non-hydrogen) atoms. The smallest absolute Gasteiger partial charge is 0.101 e. The first-order valence-corrected chi connectivity index (χ1v) is 6.91. The van der Waals surface area contributed by atoms with Crippen LogP contribution in [0, 0.1) is 18.3 Å². The number of nitrogens with one attached hydrogen (secondary N) is 2. The standard InChI is InChI=1S/C17H17N3/c1-12-4-6-17(14(9-12)11-18)20-15-5-7-16-13(10-15)3-2-8-19-16/h4-7,9-10,19-20H,2-3,8H2,1H3. The molecular formula is C17H17N3. The van der Waals surface area contributed by atoms with E-state index in [9.17, 15) is 5.26 Å². The van der Waals surface area contributed by atoms with E-state index in [-0.39, 0.29) is 0 Å². The minimum Gasteiger partial charge on any atom is -0.385 e. The summed E-state index contributed by atoms with van der Waals surface area (Å²) in [6.45, 7) is 3.05. The van der Waals surface area contributed by atoms with Crippen LogP contribution in [-0.4, -0.2) is 6.54 Å². The number of nitrogens with zero attached hydrogens (tertiary/aromatic N) is 1. The van der Waals surface area contributed by atoms with Crippen molar-refractivity contribution < 1.29 is 0 Å². The second-order valence-electron chi connectivity index (χ2n) is 5.19. The number of benzene rings is 2. The molecule has 2 aromatic rings. The Hall–Kier alpha value is -2.47. The Labute approximate surface area is 119 Å². The van der Waals surface area contributed by atoms with E-state index in [0.29, 0.717) is 5.56 Å². The lowest BCUT2D eigenvalue weighted by Gasteiger charge is -2.19. The third kappa shape index (κ3) is 2.46. The molecule has 0 saturated carbocycles. The maximum atomic E-state index is 9.21. The zero-order valence-electron chi connectivity index (χ0n) is 11.5. The third-order valence-corrected chi connectivity index (χ3v) is 3.62. The number of fused-ring (bicyclic) bond motifs is 1. The van der Waals surface area contributed by atoms with Gasteiger partial charge in [-0.3, -0.25) is 0 Å². The minimum atomic E-state index is 0.681. The molecule has 2 aromatic carbocycles. The van der Waals surface area contributed by atoms with E-state index in [1.165, 1.54) is 17.7 Å². The van der Waals surface area contributed by atoms with Gasteiger partial charge in [-0.2, -0.15) is 5.26 Å². The van der Waals surface area contributed by atoms with Crippen LogP contribution in [0.4, 0.5) is 17.1 Å². The third-order valence-electron chi connectivity index (χ3n) is 3.62. The van der Waals surface area contributed by atoms with Gasteiger partial charge < -0.3 is 10.6 Å². The SMILES string of the molecule is Cc1ccc(Nc2ccc3c(c2)CCCN3)c(C#N)c1. The largest absolute Gasteiger partial charge is 0.385 e. The summed E-state index contributed by atoms with van der Waals surface area (Å²) < 4.78 is 0. The molecule has 0 aliphatic carbocycles. The highest BCUT2D eigenvalue weighted by Crippen LogP contribution is 2.28.